The molecular formula is C10H7ClN2O2. The maximum absolute atomic E-state index is 10.7. The number of hydrogen-bond acceptors (Lipinski definition) is 2. The highest BCUT2D eigenvalue weighted by molar-refractivity contribution is 6.36. The second-order valence-electron chi connectivity index (χ2n) is 2.93. The van der Waals surface area contributed by atoms with Gasteiger partial charge in [-0.2, -0.15) is 0 Å². The third kappa shape index (κ3) is 1.71. The minimum absolute atomic E-state index is 0.00322. The number of nitrogens with zero attached hydrogens (tertiary/aromatic N) is 1. The smallest absolute Gasteiger partial charge is 0.353 e. The first kappa shape index (κ1) is 9.73. The van der Waals surface area contributed by atoms with E-state index < -0.39 is 5.97 Å². The van der Waals surface area contributed by atoms with Crippen LogP contribution in [0.1, 0.15) is 10.5 Å². The molecule has 0 saturated heterocycles. The van der Waals surface area contributed by atoms with Crippen LogP contribution in [0.2, 0.25) is 5.02 Å². The van der Waals surface area contributed by atoms with Gasteiger partial charge in [0.25, 0.3) is 0 Å². The average Bonchev–Trinajstić information content (AvgIpc) is 2.61. The molecule has 0 saturated carbocycles. The van der Waals surface area contributed by atoms with Gasteiger partial charge >= 0.3 is 5.97 Å². The SMILES string of the molecule is O=C(O)c1[nH]cc(-c2ccncc2)c1Cl. The van der Waals surface area contributed by atoms with Gasteiger partial charge in [-0.15, -0.1) is 0 Å². The zero-order valence-electron chi connectivity index (χ0n) is 7.57. The Bertz CT molecular complexity index is 493. The summed E-state index contributed by atoms with van der Waals surface area (Å²) in [6.45, 7) is 0. The van der Waals surface area contributed by atoms with Crippen LogP contribution in [0.15, 0.2) is 30.7 Å². The molecule has 2 heterocycles. The van der Waals surface area contributed by atoms with Crippen LogP contribution in [0.25, 0.3) is 11.1 Å². The van der Waals surface area contributed by atoms with E-state index >= 15 is 0 Å². The molecule has 2 rings (SSSR count). The third-order valence-corrected chi connectivity index (χ3v) is 2.41. The molecule has 0 amide bonds. The van der Waals surface area contributed by atoms with Gasteiger partial charge in [0.15, 0.2) is 0 Å². The summed E-state index contributed by atoms with van der Waals surface area (Å²) in [5.41, 5.74) is 1.50. The molecule has 2 aromatic heterocycles. The largest absolute Gasteiger partial charge is 0.477 e. The third-order valence-electron chi connectivity index (χ3n) is 2.02. The molecule has 15 heavy (non-hydrogen) atoms. The Kier molecular flexibility index (Phi) is 2.43. The molecule has 4 nitrogen and oxygen atoms in total. The zero-order valence-corrected chi connectivity index (χ0v) is 8.32. The van der Waals surface area contributed by atoms with Crippen molar-refractivity contribution < 1.29 is 9.90 Å². The molecule has 0 atom stereocenters. The Hall–Kier alpha value is -1.81. The number of aromatic carboxylic acids is 1. The van der Waals surface area contributed by atoms with Crippen molar-refractivity contribution >= 4 is 17.6 Å². The van der Waals surface area contributed by atoms with E-state index in [2.05, 4.69) is 9.97 Å². The molecule has 2 aromatic rings. The van der Waals surface area contributed by atoms with Crippen LogP contribution in [0.4, 0.5) is 0 Å². The molecule has 0 bridgehead atoms. The van der Waals surface area contributed by atoms with E-state index in [1.165, 1.54) is 0 Å². The van der Waals surface area contributed by atoms with E-state index in [9.17, 15) is 4.79 Å². The lowest BCUT2D eigenvalue weighted by Crippen LogP contribution is -1.96. The highest BCUT2D eigenvalue weighted by atomic mass is 35.5. The number of aromatic nitrogens is 2. The summed E-state index contributed by atoms with van der Waals surface area (Å²) < 4.78 is 0. The summed E-state index contributed by atoms with van der Waals surface area (Å²) in [4.78, 5) is 17.2. The Balaban J connectivity index is 2.52. The van der Waals surface area contributed by atoms with Crippen LogP contribution in [-0.2, 0) is 0 Å². The van der Waals surface area contributed by atoms with Crippen molar-refractivity contribution in [3.8, 4) is 11.1 Å². The number of nitrogens with one attached hydrogen (secondary N) is 1. The minimum Gasteiger partial charge on any atom is -0.477 e. The summed E-state index contributed by atoms with van der Waals surface area (Å²) >= 11 is 5.92. The summed E-state index contributed by atoms with van der Waals surface area (Å²) in [7, 11) is 0. The highest BCUT2D eigenvalue weighted by Crippen LogP contribution is 2.30. The second-order valence-corrected chi connectivity index (χ2v) is 3.31. The van der Waals surface area contributed by atoms with E-state index in [4.69, 9.17) is 16.7 Å². The lowest BCUT2D eigenvalue weighted by Gasteiger charge is -1.97. The van der Waals surface area contributed by atoms with Crippen molar-refractivity contribution in [3.05, 3.63) is 41.4 Å². The molecule has 0 aliphatic heterocycles. The molecule has 5 heteroatoms. The van der Waals surface area contributed by atoms with Gasteiger partial charge in [0.2, 0.25) is 0 Å². The van der Waals surface area contributed by atoms with Crippen LogP contribution in [-0.4, -0.2) is 21.0 Å². The van der Waals surface area contributed by atoms with Crippen LogP contribution in [0.5, 0.6) is 0 Å². The van der Waals surface area contributed by atoms with Gasteiger partial charge in [-0.05, 0) is 17.7 Å². The van der Waals surface area contributed by atoms with Crippen molar-refractivity contribution in [3.63, 3.8) is 0 Å². The lowest BCUT2D eigenvalue weighted by atomic mass is 10.1. The fraction of sp³-hybridized carbons (Fsp3) is 0. The Labute approximate surface area is 90.5 Å². The van der Waals surface area contributed by atoms with Gasteiger partial charge in [0.1, 0.15) is 5.69 Å². The fourth-order valence-electron chi connectivity index (χ4n) is 1.30. The highest BCUT2D eigenvalue weighted by Gasteiger charge is 2.15. The zero-order chi connectivity index (χ0) is 10.8. The maximum Gasteiger partial charge on any atom is 0.353 e. The van der Waals surface area contributed by atoms with E-state index in [0.29, 0.717) is 5.56 Å². The number of rotatable bonds is 2. The molecule has 2 N–H and O–H groups in total. The molecule has 0 aliphatic carbocycles. The quantitative estimate of drug-likeness (QED) is 0.820. The van der Waals surface area contributed by atoms with Gasteiger partial charge < -0.3 is 10.1 Å². The second kappa shape index (κ2) is 3.74. The van der Waals surface area contributed by atoms with Gasteiger partial charge in [0, 0.05) is 24.2 Å². The lowest BCUT2D eigenvalue weighted by molar-refractivity contribution is 0.0691. The van der Waals surface area contributed by atoms with E-state index in [-0.39, 0.29) is 10.7 Å². The van der Waals surface area contributed by atoms with Crippen molar-refractivity contribution in [2.24, 2.45) is 0 Å². The number of pyridine rings is 1. The van der Waals surface area contributed by atoms with Crippen LogP contribution >= 0.6 is 11.6 Å². The van der Waals surface area contributed by atoms with Gasteiger partial charge in [0.05, 0.1) is 5.02 Å². The minimum atomic E-state index is -1.07. The molecule has 0 aliphatic rings. The number of carbonyl (C=O) groups is 1. The van der Waals surface area contributed by atoms with Crippen molar-refractivity contribution in [1.29, 1.82) is 0 Å². The van der Waals surface area contributed by atoms with Crippen LogP contribution in [0, 0.1) is 0 Å². The summed E-state index contributed by atoms with van der Waals surface area (Å²) in [6.07, 6.45) is 4.82. The molecule has 0 radical (unpaired) electrons. The molecule has 0 aromatic carbocycles. The Morgan fingerprint density at radius 2 is 2.07 bits per heavy atom. The average molecular weight is 223 g/mol. The number of H-pyrrole nitrogens is 1. The summed E-state index contributed by atoms with van der Waals surface area (Å²) in [5, 5.41) is 9.01. The van der Waals surface area contributed by atoms with E-state index in [1.807, 2.05) is 0 Å². The molecule has 76 valence electrons. The monoisotopic (exact) mass is 222 g/mol. The molecule has 0 spiro atoms. The van der Waals surface area contributed by atoms with Gasteiger partial charge in [-0.25, -0.2) is 4.79 Å². The Morgan fingerprint density at radius 1 is 1.40 bits per heavy atom. The number of carboxylic acids is 1. The van der Waals surface area contributed by atoms with Gasteiger partial charge in [-0.1, -0.05) is 11.6 Å². The van der Waals surface area contributed by atoms with E-state index in [1.54, 1.807) is 30.7 Å². The predicted molar refractivity (Wildman–Crippen MR) is 56.0 cm³/mol. The van der Waals surface area contributed by atoms with Crippen molar-refractivity contribution in [1.82, 2.24) is 9.97 Å². The number of hydrogen-bond donors (Lipinski definition) is 2. The number of halogens is 1. The number of carboxylic acid groups (broad SMARTS) is 1. The first-order valence-corrected chi connectivity index (χ1v) is 4.58. The molecule has 0 unspecified atom stereocenters. The van der Waals surface area contributed by atoms with Crippen LogP contribution in [0.3, 0.4) is 0 Å². The summed E-state index contributed by atoms with van der Waals surface area (Å²) in [5.74, 6) is -1.07. The topological polar surface area (TPSA) is 66.0 Å². The Morgan fingerprint density at radius 3 is 2.60 bits per heavy atom. The molecular weight excluding hydrogens is 216 g/mol. The van der Waals surface area contributed by atoms with Gasteiger partial charge in [-0.3, -0.25) is 4.98 Å². The number of aromatic amines is 1. The first-order chi connectivity index (χ1) is 7.20. The first-order valence-electron chi connectivity index (χ1n) is 4.20. The standard InChI is InChI=1S/C10H7ClN2O2/c11-8-7(5-13-9(8)10(14)15)6-1-3-12-4-2-6/h1-5,13H,(H,14,15). The maximum atomic E-state index is 10.7. The fourth-order valence-corrected chi connectivity index (χ4v) is 1.60. The van der Waals surface area contributed by atoms with E-state index in [0.717, 1.165) is 5.56 Å². The summed E-state index contributed by atoms with van der Waals surface area (Å²) in [6, 6.07) is 3.53. The van der Waals surface area contributed by atoms with Crippen molar-refractivity contribution in [2.45, 2.75) is 0 Å². The molecule has 0 fully saturated rings. The van der Waals surface area contributed by atoms with Crippen LogP contribution < -0.4 is 0 Å². The van der Waals surface area contributed by atoms with Crippen molar-refractivity contribution in [2.75, 3.05) is 0 Å². The predicted octanol–water partition coefficient (Wildman–Crippen LogP) is 2.43. The normalized spacial score (nSPS) is 10.2.